The molecule has 0 radical (unpaired) electrons. The zero-order chi connectivity index (χ0) is 12.9. The summed E-state index contributed by atoms with van der Waals surface area (Å²) >= 11 is 0. The Morgan fingerprint density at radius 2 is 1.68 bits per heavy atom. The van der Waals surface area contributed by atoms with E-state index in [0.29, 0.717) is 6.04 Å². The average molecular weight is 254 g/mol. The molecule has 0 aliphatic carbocycles. The Hall–Kier alpha value is -1.80. The van der Waals surface area contributed by atoms with Gasteiger partial charge in [0, 0.05) is 6.42 Å². The number of quaternary nitrogens is 1. The molecule has 2 aromatic rings. The van der Waals surface area contributed by atoms with E-state index in [0.717, 1.165) is 11.5 Å². The van der Waals surface area contributed by atoms with Crippen molar-refractivity contribution in [1.29, 1.82) is 0 Å². The molecule has 0 amide bonds. The van der Waals surface area contributed by atoms with Gasteiger partial charge in [0.05, 0.1) is 12.1 Å². The highest BCUT2D eigenvalue weighted by Crippen LogP contribution is 2.30. The van der Waals surface area contributed by atoms with Crippen molar-refractivity contribution in [3.63, 3.8) is 0 Å². The van der Waals surface area contributed by atoms with Gasteiger partial charge in [-0.15, -0.1) is 0 Å². The van der Waals surface area contributed by atoms with Gasteiger partial charge in [0.1, 0.15) is 17.5 Å². The molecule has 0 aromatic heterocycles. The number of benzene rings is 2. The van der Waals surface area contributed by atoms with Crippen molar-refractivity contribution < 1.29 is 10.1 Å². The third-order valence-electron chi connectivity index (χ3n) is 3.71. The summed E-state index contributed by atoms with van der Waals surface area (Å²) in [5.41, 5.74) is 1.33. The molecule has 1 aliphatic heterocycles. The van der Waals surface area contributed by atoms with Crippen molar-refractivity contribution in [3.8, 4) is 11.5 Å². The molecule has 98 valence electrons. The van der Waals surface area contributed by atoms with Crippen LogP contribution in [0.1, 0.15) is 30.9 Å². The van der Waals surface area contributed by atoms with E-state index in [4.69, 9.17) is 4.74 Å². The number of nitrogens with two attached hydrogens (primary N) is 1. The first-order chi connectivity index (χ1) is 9.43. The van der Waals surface area contributed by atoms with E-state index in [1.165, 1.54) is 31.4 Å². The predicted molar refractivity (Wildman–Crippen MR) is 76.3 cm³/mol. The third-order valence-corrected chi connectivity index (χ3v) is 3.71. The SMILES string of the molecule is c1ccc(Oc2ccccc2[C@H]2CCCC[NH2+]2)cc1. The zero-order valence-electron chi connectivity index (χ0n) is 11.1. The van der Waals surface area contributed by atoms with Crippen LogP contribution in [0.4, 0.5) is 0 Å². The largest absolute Gasteiger partial charge is 0.457 e. The van der Waals surface area contributed by atoms with Gasteiger partial charge in [0.15, 0.2) is 0 Å². The number of hydrogen-bond donors (Lipinski definition) is 1. The lowest BCUT2D eigenvalue weighted by Gasteiger charge is -2.22. The second-order valence-corrected chi connectivity index (χ2v) is 5.08. The first-order valence-corrected chi connectivity index (χ1v) is 7.08. The second kappa shape index (κ2) is 5.89. The first-order valence-electron chi connectivity index (χ1n) is 7.08. The van der Waals surface area contributed by atoms with E-state index in [-0.39, 0.29) is 0 Å². The highest BCUT2D eigenvalue weighted by Gasteiger charge is 2.21. The Labute approximate surface area is 114 Å². The van der Waals surface area contributed by atoms with Crippen molar-refractivity contribution in [2.75, 3.05) is 6.54 Å². The van der Waals surface area contributed by atoms with E-state index < -0.39 is 0 Å². The van der Waals surface area contributed by atoms with E-state index in [2.05, 4.69) is 23.5 Å². The molecule has 2 heteroatoms. The summed E-state index contributed by atoms with van der Waals surface area (Å²) in [6.07, 6.45) is 3.90. The molecule has 0 bridgehead atoms. The van der Waals surface area contributed by atoms with Crippen LogP contribution >= 0.6 is 0 Å². The van der Waals surface area contributed by atoms with Crippen LogP contribution in [-0.2, 0) is 0 Å². The Balaban J connectivity index is 1.84. The number of para-hydroxylation sites is 2. The normalized spacial score (nSPS) is 19.1. The number of rotatable bonds is 3. The number of hydrogen-bond acceptors (Lipinski definition) is 1. The van der Waals surface area contributed by atoms with Crippen LogP contribution in [0.15, 0.2) is 54.6 Å². The molecule has 0 unspecified atom stereocenters. The molecule has 2 aromatic carbocycles. The Morgan fingerprint density at radius 1 is 0.895 bits per heavy atom. The minimum atomic E-state index is 0.550. The molecule has 1 saturated heterocycles. The van der Waals surface area contributed by atoms with Crippen LogP contribution in [0.25, 0.3) is 0 Å². The summed E-state index contributed by atoms with van der Waals surface area (Å²) in [5, 5.41) is 2.44. The molecule has 1 aliphatic rings. The Morgan fingerprint density at radius 3 is 2.47 bits per heavy atom. The lowest BCUT2D eigenvalue weighted by Crippen LogP contribution is -2.86. The fourth-order valence-electron chi connectivity index (χ4n) is 2.72. The van der Waals surface area contributed by atoms with Crippen molar-refractivity contribution in [3.05, 3.63) is 60.2 Å². The van der Waals surface area contributed by atoms with Gasteiger partial charge in [-0.2, -0.15) is 0 Å². The first kappa shape index (κ1) is 12.2. The average Bonchev–Trinajstić information content (AvgIpc) is 2.50. The summed E-state index contributed by atoms with van der Waals surface area (Å²) in [7, 11) is 0. The van der Waals surface area contributed by atoms with E-state index >= 15 is 0 Å². The van der Waals surface area contributed by atoms with Gasteiger partial charge in [-0.1, -0.05) is 30.3 Å². The van der Waals surface area contributed by atoms with Gasteiger partial charge in [-0.05, 0) is 37.1 Å². The van der Waals surface area contributed by atoms with Gasteiger partial charge in [0.2, 0.25) is 0 Å². The summed E-state index contributed by atoms with van der Waals surface area (Å²) in [6, 6.07) is 19.0. The maximum Gasteiger partial charge on any atom is 0.136 e. The second-order valence-electron chi connectivity index (χ2n) is 5.08. The molecule has 0 saturated carbocycles. The molecule has 19 heavy (non-hydrogen) atoms. The Bertz CT molecular complexity index is 518. The zero-order valence-corrected chi connectivity index (χ0v) is 11.1. The van der Waals surface area contributed by atoms with Crippen LogP contribution in [0.3, 0.4) is 0 Å². The van der Waals surface area contributed by atoms with Gasteiger partial charge in [-0.25, -0.2) is 0 Å². The quantitative estimate of drug-likeness (QED) is 0.893. The highest BCUT2D eigenvalue weighted by atomic mass is 16.5. The topological polar surface area (TPSA) is 25.8 Å². The van der Waals surface area contributed by atoms with Crippen LogP contribution in [0.2, 0.25) is 0 Å². The van der Waals surface area contributed by atoms with Crippen LogP contribution in [-0.4, -0.2) is 6.54 Å². The van der Waals surface area contributed by atoms with Gasteiger partial charge < -0.3 is 10.1 Å². The van der Waals surface area contributed by atoms with Crippen molar-refractivity contribution in [1.82, 2.24) is 0 Å². The lowest BCUT2D eigenvalue weighted by atomic mass is 9.97. The van der Waals surface area contributed by atoms with Crippen molar-refractivity contribution in [2.24, 2.45) is 0 Å². The summed E-state index contributed by atoms with van der Waals surface area (Å²) in [6.45, 7) is 1.23. The molecule has 2 N–H and O–H groups in total. The molecular formula is C17H20NO+. The number of piperidine rings is 1. The minimum absolute atomic E-state index is 0.550. The molecule has 1 fully saturated rings. The fraction of sp³-hybridized carbons (Fsp3) is 0.294. The van der Waals surface area contributed by atoms with Gasteiger partial charge >= 0.3 is 0 Å². The van der Waals surface area contributed by atoms with E-state index in [9.17, 15) is 0 Å². The summed E-state index contributed by atoms with van der Waals surface area (Å²) in [4.78, 5) is 0. The predicted octanol–water partition coefficient (Wildman–Crippen LogP) is 3.27. The molecule has 0 spiro atoms. The molecule has 3 rings (SSSR count). The van der Waals surface area contributed by atoms with Crippen LogP contribution in [0.5, 0.6) is 11.5 Å². The third kappa shape index (κ3) is 2.96. The monoisotopic (exact) mass is 254 g/mol. The van der Waals surface area contributed by atoms with Crippen LogP contribution in [0, 0.1) is 0 Å². The molecule has 2 nitrogen and oxygen atoms in total. The van der Waals surface area contributed by atoms with Crippen molar-refractivity contribution in [2.45, 2.75) is 25.3 Å². The lowest BCUT2D eigenvalue weighted by molar-refractivity contribution is -0.704. The fourth-order valence-corrected chi connectivity index (χ4v) is 2.72. The molecular weight excluding hydrogens is 234 g/mol. The summed E-state index contributed by atoms with van der Waals surface area (Å²) in [5.74, 6) is 1.91. The minimum Gasteiger partial charge on any atom is -0.457 e. The smallest absolute Gasteiger partial charge is 0.136 e. The van der Waals surface area contributed by atoms with Gasteiger partial charge in [-0.3, -0.25) is 0 Å². The van der Waals surface area contributed by atoms with Gasteiger partial charge in [0.25, 0.3) is 0 Å². The van der Waals surface area contributed by atoms with E-state index in [1.54, 1.807) is 0 Å². The molecule has 1 atom stereocenters. The molecule has 1 heterocycles. The van der Waals surface area contributed by atoms with E-state index in [1.807, 2.05) is 36.4 Å². The maximum absolute atomic E-state index is 6.04. The van der Waals surface area contributed by atoms with Crippen LogP contribution < -0.4 is 10.1 Å². The van der Waals surface area contributed by atoms with Crippen molar-refractivity contribution >= 4 is 0 Å². The Kier molecular flexibility index (Phi) is 3.80. The maximum atomic E-state index is 6.04. The summed E-state index contributed by atoms with van der Waals surface area (Å²) < 4.78 is 6.04. The standard InChI is InChI=1S/C17H19NO/c1-2-8-14(9-3-1)19-17-12-5-4-10-15(17)16-11-6-7-13-18-16/h1-5,8-10,12,16,18H,6-7,11,13H2/p+1/t16-/m1/s1. The highest BCUT2D eigenvalue weighted by molar-refractivity contribution is 5.39. The number of ether oxygens (including phenoxy) is 1.